The van der Waals surface area contributed by atoms with E-state index >= 15 is 0 Å². The molecule has 0 radical (unpaired) electrons. The van der Waals surface area contributed by atoms with Gasteiger partial charge in [0.2, 0.25) is 6.23 Å². The molecule has 5 rings (SSSR count). The van der Waals surface area contributed by atoms with Crippen LogP contribution in [0.5, 0.6) is 17.2 Å². The Morgan fingerprint density at radius 1 is 1.00 bits per heavy atom. The zero-order chi connectivity index (χ0) is 20.7. The Morgan fingerprint density at radius 2 is 1.80 bits per heavy atom. The summed E-state index contributed by atoms with van der Waals surface area (Å²) in [6.07, 6.45) is 3.91. The maximum absolute atomic E-state index is 6.34. The predicted molar refractivity (Wildman–Crippen MR) is 114 cm³/mol. The molecule has 0 aliphatic carbocycles. The van der Waals surface area contributed by atoms with E-state index in [0.717, 1.165) is 34.6 Å². The first-order valence-corrected chi connectivity index (χ1v) is 10.00. The largest absolute Gasteiger partial charge is 0.493 e. The van der Waals surface area contributed by atoms with Crippen LogP contribution in [0.25, 0.3) is 0 Å². The van der Waals surface area contributed by atoms with E-state index in [-0.39, 0.29) is 12.3 Å². The van der Waals surface area contributed by atoms with E-state index in [2.05, 4.69) is 4.98 Å². The van der Waals surface area contributed by atoms with Gasteiger partial charge in [-0.3, -0.25) is 4.98 Å². The molecule has 3 heterocycles. The first kappa shape index (κ1) is 18.8. The van der Waals surface area contributed by atoms with Crippen molar-refractivity contribution in [2.24, 2.45) is 5.10 Å². The number of pyridine rings is 1. The van der Waals surface area contributed by atoms with Gasteiger partial charge in [0, 0.05) is 40.5 Å². The molecule has 2 aliphatic heterocycles. The third kappa shape index (κ3) is 3.13. The monoisotopic (exact) mass is 421 g/mol. The predicted octanol–water partition coefficient (Wildman–Crippen LogP) is 4.99. The summed E-state index contributed by atoms with van der Waals surface area (Å²) in [5.41, 5.74) is 3.97. The maximum atomic E-state index is 6.34. The van der Waals surface area contributed by atoms with Crippen LogP contribution >= 0.6 is 11.6 Å². The number of hydrazone groups is 1. The molecule has 1 aromatic heterocycles. The van der Waals surface area contributed by atoms with E-state index in [4.69, 9.17) is 30.9 Å². The summed E-state index contributed by atoms with van der Waals surface area (Å²) in [4.78, 5) is 4.13. The number of halogens is 1. The topological polar surface area (TPSA) is 56.2 Å². The van der Waals surface area contributed by atoms with Crippen LogP contribution in [0.15, 0.2) is 66.0 Å². The molecule has 0 fully saturated rings. The SMILES string of the molecule is COc1ccc(C2=NN3[C@H](C2)c2cc(Cl)ccc2O[C@H]3c2ccncc2)cc1OC. The van der Waals surface area contributed by atoms with Crippen LogP contribution in [0.2, 0.25) is 5.02 Å². The van der Waals surface area contributed by atoms with Crippen molar-refractivity contribution in [3.8, 4) is 17.2 Å². The Morgan fingerprint density at radius 3 is 2.57 bits per heavy atom. The summed E-state index contributed by atoms with van der Waals surface area (Å²) in [5.74, 6) is 2.19. The van der Waals surface area contributed by atoms with Crippen molar-refractivity contribution in [2.45, 2.75) is 18.7 Å². The number of hydrogen-bond acceptors (Lipinski definition) is 6. The second-order valence-electron chi connectivity index (χ2n) is 7.15. The Hall–Kier alpha value is -3.25. The molecule has 0 unspecified atom stereocenters. The van der Waals surface area contributed by atoms with Crippen molar-refractivity contribution < 1.29 is 14.2 Å². The lowest BCUT2D eigenvalue weighted by Gasteiger charge is -2.38. The third-order valence-corrected chi connectivity index (χ3v) is 5.70. The van der Waals surface area contributed by atoms with Crippen LogP contribution < -0.4 is 14.2 Å². The van der Waals surface area contributed by atoms with E-state index in [1.165, 1.54) is 0 Å². The summed E-state index contributed by atoms with van der Waals surface area (Å²) in [7, 11) is 3.26. The quantitative estimate of drug-likeness (QED) is 0.593. The number of ether oxygens (including phenoxy) is 3. The minimum Gasteiger partial charge on any atom is -0.493 e. The molecular weight excluding hydrogens is 402 g/mol. The number of methoxy groups -OCH3 is 2. The molecule has 2 atom stereocenters. The molecule has 7 heteroatoms. The summed E-state index contributed by atoms with van der Waals surface area (Å²) in [6, 6.07) is 15.5. The minimum atomic E-state index is -0.343. The molecule has 0 bridgehead atoms. The highest BCUT2D eigenvalue weighted by atomic mass is 35.5. The zero-order valence-electron chi connectivity index (χ0n) is 16.6. The van der Waals surface area contributed by atoms with Crippen molar-refractivity contribution in [3.63, 3.8) is 0 Å². The summed E-state index contributed by atoms with van der Waals surface area (Å²) in [6.45, 7) is 0. The Balaban J connectivity index is 1.58. The van der Waals surface area contributed by atoms with Gasteiger partial charge in [-0.15, -0.1) is 0 Å². The van der Waals surface area contributed by atoms with E-state index < -0.39 is 0 Å². The normalized spacial score (nSPS) is 19.4. The summed E-state index contributed by atoms with van der Waals surface area (Å²) in [5, 5.41) is 7.66. The number of aromatic nitrogens is 1. The molecule has 30 heavy (non-hydrogen) atoms. The second kappa shape index (κ2) is 7.54. The van der Waals surface area contributed by atoms with Crippen LogP contribution in [-0.4, -0.2) is 29.9 Å². The Bertz CT molecular complexity index is 1120. The smallest absolute Gasteiger partial charge is 0.213 e. The van der Waals surface area contributed by atoms with E-state index in [1.807, 2.05) is 53.5 Å². The van der Waals surface area contributed by atoms with Gasteiger partial charge in [-0.05, 0) is 48.5 Å². The van der Waals surface area contributed by atoms with Crippen molar-refractivity contribution >= 4 is 17.3 Å². The highest BCUT2D eigenvalue weighted by molar-refractivity contribution is 6.30. The van der Waals surface area contributed by atoms with Crippen LogP contribution in [0.4, 0.5) is 0 Å². The number of fused-ring (bicyclic) bond motifs is 3. The molecule has 6 nitrogen and oxygen atoms in total. The number of hydrogen-bond donors (Lipinski definition) is 0. The first-order valence-electron chi connectivity index (χ1n) is 9.62. The molecule has 0 saturated heterocycles. The van der Waals surface area contributed by atoms with Gasteiger partial charge in [0.15, 0.2) is 11.5 Å². The van der Waals surface area contributed by atoms with Crippen molar-refractivity contribution in [1.29, 1.82) is 0 Å². The first-order chi connectivity index (χ1) is 14.7. The average Bonchev–Trinajstić information content (AvgIpc) is 3.24. The van der Waals surface area contributed by atoms with Gasteiger partial charge in [0.1, 0.15) is 5.75 Å². The lowest BCUT2D eigenvalue weighted by atomic mass is 9.96. The van der Waals surface area contributed by atoms with Gasteiger partial charge in [-0.2, -0.15) is 5.10 Å². The van der Waals surface area contributed by atoms with Gasteiger partial charge in [0.25, 0.3) is 0 Å². The molecule has 3 aromatic rings. The maximum Gasteiger partial charge on any atom is 0.213 e. The highest BCUT2D eigenvalue weighted by Crippen LogP contribution is 2.48. The number of benzene rings is 2. The van der Waals surface area contributed by atoms with Crippen LogP contribution in [-0.2, 0) is 0 Å². The van der Waals surface area contributed by atoms with Gasteiger partial charge >= 0.3 is 0 Å². The standard InChI is InChI=1S/C23H20ClN3O3/c1-28-21-5-3-15(11-22(21)29-2)18-13-19-17-12-16(24)4-6-20(17)30-23(27(19)26-18)14-7-9-25-10-8-14/h3-12,19,23H,13H2,1-2H3/t19-,23+/m1/s1. The van der Waals surface area contributed by atoms with E-state index in [0.29, 0.717) is 16.5 Å². The van der Waals surface area contributed by atoms with E-state index in [1.54, 1.807) is 26.6 Å². The molecule has 152 valence electrons. The van der Waals surface area contributed by atoms with Gasteiger partial charge < -0.3 is 14.2 Å². The zero-order valence-corrected chi connectivity index (χ0v) is 17.3. The fourth-order valence-corrected chi connectivity index (χ4v) is 4.18. The molecule has 0 saturated carbocycles. The van der Waals surface area contributed by atoms with Crippen molar-refractivity contribution in [2.75, 3.05) is 14.2 Å². The molecular formula is C23H20ClN3O3. The van der Waals surface area contributed by atoms with Gasteiger partial charge in [-0.1, -0.05) is 11.6 Å². The van der Waals surface area contributed by atoms with E-state index in [9.17, 15) is 0 Å². The number of nitrogens with zero attached hydrogens (tertiary/aromatic N) is 3. The highest BCUT2D eigenvalue weighted by Gasteiger charge is 2.41. The van der Waals surface area contributed by atoms with Crippen LogP contribution in [0, 0.1) is 0 Å². The lowest BCUT2D eigenvalue weighted by Crippen LogP contribution is -2.33. The van der Waals surface area contributed by atoms with Gasteiger partial charge in [-0.25, -0.2) is 5.01 Å². The molecule has 0 amide bonds. The number of rotatable bonds is 4. The fraction of sp³-hybridized carbons (Fsp3) is 0.217. The second-order valence-corrected chi connectivity index (χ2v) is 7.59. The molecule has 0 spiro atoms. The fourth-order valence-electron chi connectivity index (χ4n) is 4.00. The lowest BCUT2D eigenvalue weighted by molar-refractivity contribution is -0.0190. The van der Waals surface area contributed by atoms with Crippen molar-refractivity contribution in [1.82, 2.24) is 9.99 Å². The van der Waals surface area contributed by atoms with Crippen LogP contribution in [0.1, 0.15) is 35.4 Å². The summed E-state index contributed by atoms with van der Waals surface area (Å²) >= 11 is 6.30. The van der Waals surface area contributed by atoms with Crippen LogP contribution in [0.3, 0.4) is 0 Å². The van der Waals surface area contributed by atoms with Crippen molar-refractivity contribution in [3.05, 3.63) is 82.6 Å². The molecule has 2 aromatic carbocycles. The minimum absolute atomic E-state index is 0.0220. The Labute approximate surface area is 179 Å². The average molecular weight is 422 g/mol. The Kier molecular flexibility index (Phi) is 4.71. The molecule has 0 N–H and O–H groups in total. The third-order valence-electron chi connectivity index (χ3n) is 5.46. The molecule has 2 aliphatic rings. The van der Waals surface area contributed by atoms with Gasteiger partial charge in [0.05, 0.1) is 26.0 Å². The summed E-state index contributed by atoms with van der Waals surface area (Å²) < 4.78 is 17.2.